The van der Waals surface area contributed by atoms with Crippen molar-refractivity contribution in [2.45, 2.75) is 18.9 Å². The molecule has 2 heterocycles. The van der Waals surface area contributed by atoms with E-state index in [2.05, 4.69) is 9.88 Å². The zero-order valence-corrected chi connectivity index (χ0v) is 8.59. The van der Waals surface area contributed by atoms with E-state index < -0.39 is 0 Å². The second-order valence-electron chi connectivity index (χ2n) is 3.26. The molecule has 0 amide bonds. The van der Waals surface area contributed by atoms with E-state index in [1.54, 1.807) is 18.4 Å². The van der Waals surface area contributed by atoms with E-state index >= 15 is 0 Å². The van der Waals surface area contributed by atoms with Crippen molar-refractivity contribution in [1.82, 2.24) is 4.98 Å². The topological polar surface area (TPSA) is 25.4 Å². The van der Waals surface area contributed by atoms with Crippen molar-refractivity contribution >= 4 is 16.5 Å². The normalized spacial score (nSPS) is 23.5. The summed E-state index contributed by atoms with van der Waals surface area (Å²) in [7, 11) is 1.79. The highest BCUT2D eigenvalue weighted by atomic mass is 32.1. The van der Waals surface area contributed by atoms with Crippen molar-refractivity contribution in [1.29, 1.82) is 0 Å². The van der Waals surface area contributed by atoms with Gasteiger partial charge >= 0.3 is 0 Å². The quantitative estimate of drug-likeness (QED) is 0.724. The van der Waals surface area contributed by atoms with Gasteiger partial charge in [-0.15, -0.1) is 11.3 Å². The summed E-state index contributed by atoms with van der Waals surface area (Å²) in [6.07, 6.45) is 4.63. The molecule has 1 aromatic rings. The molecular formula is C9H14N2OS. The summed E-state index contributed by atoms with van der Waals surface area (Å²) in [6, 6.07) is 0. The number of hydrogen-bond acceptors (Lipinski definition) is 4. The minimum Gasteiger partial charge on any atom is -0.380 e. The van der Waals surface area contributed by atoms with Crippen LogP contribution in [0.3, 0.4) is 0 Å². The molecule has 0 N–H and O–H groups in total. The van der Waals surface area contributed by atoms with Crippen LogP contribution in [0.15, 0.2) is 11.6 Å². The van der Waals surface area contributed by atoms with Crippen LogP contribution in [-0.4, -0.2) is 31.3 Å². The van der Waals surface area contributed by atoms with Crippen LogP contribution in [0.25, 0.3) is 0 Å². The van der Waals surface area contributed by atoms with Crippen LogP contribution in [0.4, 0.5) is 5.13 Å². The Labute approximate surface area is 82.3 Å². The highest BCUT2D eigenvalue weighted by Gasteiger charge is 2.20. The number of aromatic nitrogens is 1. The fraction of sp³-hybridized carbons (Fsp3) is 0.667. The summed E-state index contributed by atoms with van der Waals surface area (Å²) in [5.74, 6) is 0. The Balaban J connectivity index is 2.00. The monoisotopic (exact) mass is 198 g/mol. The van der Waals surface area contributed by atoms with Gasteiger partial charge in [0.15, 0.2) is 5.13 Å². The van der Waals surface area contributed by atoms with Crippen LogP contribution >= 0.6 is 11.3 Å². The Hall–Kier alpha value is -0.610. The second kappa shape index (κ2) is 4.07. The fourth-order valence-electron chi connectivity index (χ4n) is 1.68. The molecule has 1 saturated heterocycles. The SMILES string of the molecule is COC1CCCN(c2nccs2)C1. The smallest absolute Gasteiger partial charge is 0.185 e. The number of hydrogen-bond donors (Lipinski definition) is 0. The first-order valence-electron chi connectivity index (χ1n) is 4.57. The van der Waals surface area contributed by atoms with Gasteiger partial charge in [-0.2, -0.15) is 0 Å². The van der Waals surface area contributed by atoms with E-state index in [9.17, 15) is 0 Å². The molecule has 1 aliphatic rings. The van der Waals surface area contributed by atoms with Gasteiger partial charge in [0, 0.05) is 31.8 Å². The average Bonchev–Trinajstić information content (AvgIpc) is 2.71. The molecule has 0 aliphatic carbocycles. The molecule has 0 saturated carbocycles. The lowest BCUT2D eigenvalue weighted by molar-refractivity contribution is 0.0893. The first-order valence-corrected chi connectivity index (χ1v) is 5.45. The standard InChI is InChI=1S/C9H14N2OS/c1-12-8-3-2-5-11(7-8)9-10-4-6-13-9/h4,6,8H,2-3,5,7H2,1H3. The van der Waals surface area contributed by atoms with E-state index in [-0.39, 0.29) is 0 Å². The zero-order chi connectivity index (χ0) is 9.10. The van der Waals surface area contributed by atoms with Crippen LogP contribution in [-0.2, 0) is 4.74 Å². The van der Waals surface area contributed by atoms with Crippen LogP contribution in [0, 0.1) is 0 Å². The van der Waals surface area contributed by atoms with Crippen molar-refractivity contribution in [2.75, 3.05) is 25.1 Å². The molecule has 1 fully saturated rings. The van der Waals surface area contributed by atoms with Crippen molar-refractivity contribution < 1.29 is 4.74 Å². The highest BCUT2D eigenvalue weighted by Crippen LogP contribution is 2.22. The third-order valence-electron chi connectivity index (χ3n) is 2.40. The summed E-state index contributed by atoms with van der Waals surface area (Å²) < 4.78 is 5.35. The van der Waals surface area contributed by atoms with Crippen molar-refractivity contribution in [3.63, 3.8) is 0 Å². The number of thiazole rings is 1. The molecule has 1 aliphatic heterocycles. The third kappa shape index (κ3) is 2.00. The number of methoxy groups -OCH3 is 1. The van der Waals surface area contributed by atoms with Crippen LogP contribution in [0.2, 0.25) is 0 Å². The van der Waals surface area contributed by atoms with E-state index in [0.29, 0.717) is 6.10 Å². The van der Waals surface area contributed by atoms with Crippen molar-refractivity contribution in [3.05, 3.63) is 11.6 Å². The average molecular weight is 198 g/mol. The Morgan fingerprint density at radius 2 is 2.62 bits per heavy atom. The van der Waals surface area contributed by atoms with Crippen LogP contribution in [0.5, 0.6) is 0 Å². The summed E-state index contributed by atoms with van der Waals surface area (Å²) >= 11 is 1.70. The maximum absolute atomic E-state index is 5.35. The Morgan fingerprint density at radius 1 is 1.69 bits per heavy atom. The zero-order valence-electron chi connectivity index (χ0n) is 7.77. The summed E-state index contributed by atoms with van der Waals surface area (Å²) in [5, 5.41) is 3.15. The molecule has 1 atom stereocenters. The summed E-state index contributed by atoms with van der Waals surface area (Å²) in [4.78, 5) is 6.61. The van der Waals surface area contributed by atoms with E-state index in [1.807, 2.05) is 11.6 Å². The molecule has 4 heteroatoms. The fourth-order valence-corrected chi connectivity index (χ4v) is 2.36. The molecule has 0 bridgehead atoms. The number of nitrogens with zero attached hydrogens (tertiary/aromatic N) is 2. The number of ether oxygens (including phenoxy) is 1. The first-order chi connectivity index (χ1) is 6.40. The molecule has 1 unspecified atom stereocenters. The molecule has 0 spiro atoms. The van der Waals surface area contributed by atoms with Crippen LogP contribution < -0.4 is 4.90 Å². The number of rotatable bonds is 2. The molecule has 0 aromatic carbocycles. The van der Waals surface area contributed by atoms with E-state index in [0.717, 1.165) is 18.2 Å². The maximum Gasteiger partial charge on any atom is 0.185 e. The highest BCUT2D eigenvalue weighted by molar-refractivity contribution is 7.13. The lowest BCUT2D eigenvalue weighted by Crippen LogP contribution is -2.39. The van der Waals surface area contributed by atoms with Gasteiger partial charge in [0.25, 0.3) is 0 Å². The van der Waals surface area contributed by atoms with Gasteiger partial charge in [0.05, 0.1) is 6.10 Å². The minimum absolute atomic E-state index is 0.387. The maximum atomic E-state index is 5.35. The Morgan fingerprint density at radius 3 is 3.31 bits per heavy atom. The Kier molecular flexibility index (Phi) is 2.80. The van der Waals surface area contributed by atoms with Gasteiger partial charge in [0.1, 0.15) is 0 Å². The first kappa shape index (κ1) is 8.97. The molecule has 2 rings (SSSR count). The van der Waals surface area contributed by atoms with Gasteiger partial charge < -0.3 is 9.64 Å². The molecule has 13 heavy (non-hydrogen) atoms. The van der Waals surface area contributed by atoms with Gasteiger partial charge in [0.2, 0.25) is 0 Å². The molecular weight excluding hydrogens is 184 g/mol. The lowest BCUT2D eigenvalue weighted by Gasteiger charge is -2.31. The van der Waals surface area contributed by atoms with E-state index in [1.165, 1.54) is 12.8 Å². The molecule has 1 aromatic heterocycles. The van der Waals surface area contributed by atoms with Gasteiger partial charge in [-0.25, -0.2) is 4.98 Å². The third-order valence-corrected chi connectivity index (χ3v) is 3.23. The van der Waals surface area contributed by atoms with Crippen LogP contribution in [0.1, 0.15) is 12.8 Å². The number of anilines is 1. The second-order valence-corrected chi connectivity index (χ2v) is 4.13. The lowest BCUT2D eigenvalue weighted by atomic mass is 10.1. The minimum atomic E-state index is 0.387. The summed E-state index contributed by atoms with van der Waals surface area (Å²) in [6.45, 7) is 2.11. The predicted octanol–water partition coefficient (Wildman–Crippen LogP) is 1.76. The molecule has 0 radical (unpaired) electrons. The summed E-state index contributed by atoms with van der Waals surface area (Å²) in [5.41, 5.74) is 0. The Bertz CT molecular complexity index is 250. The van der Waals surface area contributed by atoms with Crippen molar-refractivity contribution in [2.24, 2.45) is 0 Å². The van der Waals surface area contributed by atoms with Gasteiger partial charge in [-0.1, -0.05) is 0 Å². The van der Waals surface area contributed by atoms with Gasteiger partial charge in [-0.3, -0.25) is 0 Å². The van der Waals surface area contributed by atoms with Gasteiger partial charge in [-0.05, 0) is 12.8 Å². The largest absolute Gasteiger partial charge is 0.380 e. The van der Waals surface area contributed by atoms with Crippen molar-refractivity contribution in [3.8, 4) is 0 Å². The van der Waals surface area contributed by atoms with E-state index in [4.69, 9.17) is 4.74 Å². The number of piperidine rings is 1. The predicted molar refractivity (Wildman–Crippen MR) is 54.4 cm³/mol. The molecule has 3 nitrogen and oxygen atoms in total. The molecule has 72 valence electrons.